The van der Waals surface area contributed by atoms with Gasteiger partial charge in [-0.3, -0.25) is 35.2 Å². The average molecular weight is 430 g/mol. The first kappa shape index (κ1) is 20.1. The van der Waals surface area contributed by atoms with E-state index in [9.17, 15) is 29.8 Å². The zero-order chi connectivity index (χ0) is 21.1. The molecule has 2 aromatic rings. The molecule has 2 aromatic carbocycles. The highest BCUT2D eigenvalue weighted by Gasteiger charge is 2.33. The number of hydrazine groups is 1. The van der Waals surface area contributed by atoms with Crippen molar-refractivity contribution < 1.29 is 19.4 Å². The van der Waals surface area contributed by atoms with E-state index in [0.717, 1.165) is 16.8 Å². The van der Waals surface area contributed by atoms with Crippen molar-refractivity contribution in [2.45, 2.75) is 0 Å². The Bertz CT molecular complexity index is 1070. The van der Waals surface area contributed by atoms with Crippen molar-refractivity contribution in [2.24, 2.45) is 0 Å². The molecule has 0 saturated carbocycles. The van der Waals surface area contributed by atoms with Crippen LogP contribution in [0.5, 0.6) is 0 Å². The number of hydrogen-bond donors (Lipinski definition) is 1. The van der Waals surface area contributed by atoms with E-state index in [1.165, 1.54) is 54.6 Å². The molecular weight excluding hydrogens is 420 g/mol. The van der Waals surface area contributed by atoms with E-state index in [1.807, 2.05) is 0 Å². The number of amides is 2. The number of hydrogen-bond acceptors (Lipinski definition) is 8. The average Bonchev–Trinajstić information content (AvgIpc) is 2.95. The summed E-state index contributed by atoms with van der Waals surface area (Å²) >= 11 is 6.08. The summed E-state index contributed by atoms with van der Waals surface area (Å²) in [6, 6.07) is 10.5. The van der Waals surface area contributed by atoms with Crippen molar-refractivity contribution in [1.29, 1.82) is 0 Å². The first-order valence-corrected chi connectivity index (χ1v) is 9.06. The number of rotatable bonds is 5. The predicted octanol–water partition coefficient (Wildman–Crippen LogP) is 3.05. The van der Waals surface area contributed by atoms with Gasteiger partial charge in [0.05, 0.1) is 14.8 Å². The van der Waals surface area contributed by atoms with Gasteiger partial charge in [0.1, 0.15) is 0 Å². The molecule has 1 aliphatic heterocycles. The van der Waals surface area contributed by atoms with E-state index in [4.69, 9.17) is 12.2 Å². The Hall–Kier alpha value is -3.64. The highest BCUT2D eigenvalue weighted by Crippen LogP contribution is 2.31. The SMILES string of the molecule is O=C(NN1C(=O)C(=Cc2ccc([N+](=O)[O-])cc2)SC1=S)c1ccc([N+](=O)[O-])cc1. The van der Waals surface area contributed by atoms with Gasteiger partial charge in [-0.15, -0.1) is 0 Å². The predicted molar refractivity (Wildman–Crippen MR) is 109 cm³/mol. The number of thiocarbonyl (C=S) groups is 1. The van der Waals surface area contributed by atoms with Crippen LogP contribution in [0, 0.1) is 20.2 Å². The van der Waals surface area contributed by atoms with Crippen LogP contribution in [0.4, 0.5) is 11.4 Å². The fourth-order valence-electron chi connectivity index (χ4n) is 2.31. The topological polar surface area (TPSA) is 136 Å². The van der Waals surface area contributed by atoms with E-state index in [2.05, 4.69) is 5.43 Å². The molecule has 146 valence electrons. The van der Waals surface area contributed by atoms with E-state index < -0.39 is 21.7 Å². The van der Waals surface area contributed by atoms with Crippen LogP contribution in [0.3, 0.4) is 0 Å². The van der Waals surface area contributed by atoms with Crippen LogP contribution in [-0.4, -0.2) is 31.0 Å². The Morgan fingerprint density at radius 1 is 1.00 bits per heavy atom. The highest BCUT2D eigenvalue weighted by atomic mass is 32.2. The summed E-state index contributed by atoms with van der Waals surface area (Å²) < 4.78 is 0.0958. The first-order valence-electron chi connectivity index (χ1n) is 7.84. The monoisotopic (exact) mass is 430 g/mol. The number of non-ortho nitro benzene ring substituents is 2. The smallest absolute Gasteiger partial charge is 0.267 e. The summed E-state index contributed by atoms with van der Waals surface area (Å²) in [6.45, 7) is 0. The molecule has 0 radical (unpaired) electrons. The van der Waals surface area contributed by atoms with Gasteiger partial charge >= 0.3 is 0 Å². The van der Waals surface area contributed by atoms with E-state index in [0.29, 0.717) is 5.56 Å². The lowest BCUT2D eigenvalue weighted by atomic mass is 10.2. The van der Waals surface area contributed by atoms with Gasteiger partial charge in [0.2, 0.25) is 0 Å². The van der Waals surface area contributed by atoms with Gasteiger partial charge in [-0.1, -0.05) is 11.8 Å². The van der Waals surface area contributed by atoms with Crippen molar-refractivity contribution in [3.63, 3.8) is 0 Å². The minimum absolute atomic E-state index is 0.0786. The molecule has 1 N–H and O–H groups in total. The molecule has 0 unspecified atom stereocenters. The van der Waals surface area contributed by atoms with Gasteiger partial charge in [0, 0.05) is 29.8 Å². The fraction of sp³-hybridized carbons (Fsp3) is 0. The van der Waals surface area contributed by atoms with E-state index >= 15 is 0 Å². The lowest BCUT2D eigenvalue weighted by Gasteiger charge is -2.15. The number of nitrogens with one attached hydrogen (secondary N) is 1. The van der Waals surface area contributed by atoms with Crippen LogP contribution in [0.15, 0.2) is 53.4 Å². The lowest BCUT2D eigenvalue weighted by molar-refractivity contribution is -0.385. The number of carbonyl (C=O) groups excluding carboxylic acids is 2. The van der Waals surface area contributed by atoms with Gasteiger partial charge in [0.25, 0.3) is 23.2 Å². The third kappa shape index (κ3) is 4.44. The molecule has 12 heteroatoms. The molecule has 3 rings (SSSR count). The molecule has 0 aliphatic carbocycles. The third-order valence-corrected chi connectivity index (χ3v) is 5.05. The van der Waals surface area contributed by atoms with E-state index in [1.54, 1.807) is 0 Å². The Kier molecular flexibility index (Phi) is 5.66. The normalized spacial score (nSPS) is 14.9. The maximum Gasteiger partial charge on any atom is 0.285 e. The van der Waals surface area contributed by atoms with Crippen molar-refractivity contribution >= 4 is 57.6 Å². The molecule has 0 spiro atoms. The number of nitro benzene ring substituents is 2. The second-order valence-corrected chi connectivity index (χ2v) is 7.29. The Labute approximate surface area is 172 Å². The number of thioether (sulfide) groups is 1. The van der Waals surface area contributed by atoms with Gasteiger partial charge in [-0.05, 0) is 48.1 Å². The molecule has 1 saturated heterocycles. The van der Waals surface area contributed by atoms with E-state index in [-0.39, 0.29) is 26.2 Å². The second kappa shape index (κ2) is 8.16. The minimum atomic E-state index is -0.659. The molecule has 2 amide bonds. The molecule has 1 heterocycles. The summed E-state index contributed by atoms with van der Waals surface area (Å²) in [4.78, 5) is 45.3. The Balaban J connectivity index is 1.73. The van der Waals surface area contributed by atoms with Crippen molar-refractivity contribution in [2.75, 3.05) is 0 Å². The molecule has 0 atom stereocenters. The van der Waals surface area contributed by atoms with Crippen LogP contribution in [0.2, 0.25) is 0 Å². The Morgan fingerprint density at radius 2 is 1.52 bits per heavy atom. The second-order valence-electron chi connectivity index (χ2n) is 5.61. The number of nitro groups is 2. The van der Waals surface area contributed by atoms with Crippen LogP contribution in [-0.2, 0) is 4.79 Å². The summed E-state index contributed by atoms with van der Waals surface area (Å²) in [5.74, 6) is -1.22. The lowest BCUT2D eigenvalue weighted by Crippen LogP contribution is -2.44. The van der Waals surface area contributed by atoms with Gasteiger partial charge in [-0.25, -0.2) is 0 Å². The van der Waals surface area contributed by atoms with Gasteiger partial charge in [0.15, 0.2) is 4.32 Å². The summed E-state index contributed by atoms with van der Waals surface area (Å²) in [5, 5.41) is 22.3. The van der Waals surface area contributed by atoms with Crippen LogP contribution in [0.25, 0.3) is 6.08 Å². The van der Waals surface area contributed by atoms with Crippen LogP contribution >= 0.6 is 24.0 Å². The summed E-state index contributed by atoms with van der Waals surface area (Å²) in [7, 11) is 0. The van der Waals surface area contributed by atoms with Crippen molar-refractivity contribution in [3.05, 3.63) is 84.8 Å². The number of benzene rings is 2. The van der Waals surface area contributed by atoms with Crippen LogP contribution in [0.1, 0.15) is 15.9 Å². The quantitative estimate of drug-likeness (QED) is 0.331. The van der Waals surface area contributed by atoms with Gasteiger partial charge in [-0.2, -0.15) is 5.01 Å². The van der Waals surface area contributed by atoms with Gasteiger partial charge < -0.3 is 0 Å². The molecule has 0 bridgehead atoms. The number of nitrogens with zero attached hydrogens (tertiary/aromatic N) is 3. The van der Waals surface area contributed by atoms with Crippen molar-refractivity contribution in [3.8, 4) is 0 Å². The summed E-state index contributed by atoms with van der Waals surface area (Å²) in [6.07, 6.45) is 1.50. The third-order valence-electron chi connectivity index (χ3n) is 3.75. The molecule has 1 aliphatic rings. The maximum absolute atomic E-state index is 12.5. The van der Waals surface area contributed by atoms with Crippen LogP contribution < -0.4 is 5.43 Å². The Morgan fingerprint density at radius 3 is 2.03 bits per heavy atom. The summed E-state index contributed by atoms with van der Waals surface area (Å²) in [5.41, 5.74) is 2.79. The molecule has 10 nitrogen and oxygen atoms in total. The molecule has 0 aromatic heterocycles. The fourth-order valence-corrected chi connectivity index (χ4v) is 3.49. The minimum Gasteiger partial charge on any atom is -0.267 e. The largest absolute Gasteiger partial charge is 0.285 e. The zero-order valence-corrected chi connectivity index (χ0v) is 15.9. The number of carbonyl (C=O) groups is 2. The van der Waals surface area contributed by atoms with Crippen molar-refractivity contribution in [1.82, 2.24) is 10.4 Å². The first-order chi connectivity index (χ1) is 13.8. The molecule has 29 heavy (non-hydrogen) atoms. The molecule has 1 fully saturated rings. The molecular formula is C17H10N4O6S2. The highest BCUT2D eigenvalue weighted by molar-refractivity contribution is 8.26. The maximum atomic E-state index is 12.5. The standard InChI is InChI=1S/C17H10N4O6S2/c22-15(11-3-7-13(8-4-11)21(26)27)18-19-16(23)14(29-17(19)28)9-10-1-5-12(6-2-10)20(24)25/h1-9H,(H,18,22). The zero-order valence-electron chi connectivity index (χ0n) is 14.3.